The molecule has 0 bridgehead atoms. The second kappa shape index (κ2) is 8.57. The Morgan fingerprint density at radius 3 is 2.58 bits per heavy atom. The van der Waals surface area contributed by atoms with Gasteiger partial charge < -0.3 is 14.4 Å². The van der Waals surface area contributed by atoms with Crippen LogP contribution in [0.1, 0.15) is 41.1 Å². The highest BCUT2D eigenvalue weighted by molar-refractivity contribution is 5.86. The van der Waals surface area contributed by atoms with Crippen LogP contribution in [0.3, 0.4) is 0 Å². The summed E-state index contributed by atoms with van der Waals surface area (Å²) in [7, 11) is 5.16. The van der Waals surface area contributed by atoms with Crippen LogP contribution < -0.4 is 9.47 Å². The molecule has 1 aliphatic heterocycles. The van der Waals surface area contributed by atoms with Crippen molar-refractivity contribution in [3.63, 3.8) is 0 Å². The Labute approximate surface area is 183 Å². The van der Waals surface area contributed by atoms with E-state index in [2.05, 4.69) is 24.2 Å². The highest BCUT2D eigenvalue weighted by atomic mass is 16.5. The van der Waals surface area contributed by atoms with Crippen LogP contribution in [0.4, 0.5) is 0 Å². The van der Waals surface area contributed by atoms with Gasteiger partial charge in [-0.05, 0) is 55.5 Å². The highest BCUT2D eigenvalue weighted by Crippen LogP contribution is 2.32. The van der Waals surface area contributed by atoms with E-state index in [1.54, 1.807) is 18.9 Å². The number of carbonyl (C=O) groups excluding carboxylic acids is 1. The molecule has 2 aromatic heterocycles. The second-order valence-electron chi connectivity index (χ2n) is 8.23. The van der Waals surface area contributed by atoms with E-state index in [1.165, 1.54) is 5.56 Å². The minimum absolute atomic E-state index is 0.202. The van der Waals surface area contributed by atoms with Gasteiger partial charge in [0.1, 0.15) is 5.75 Å². The summed E-state index contributed by atoms with van der Waals surface area (Å²) in [6, 6.07) is 8.18. The van der Waals surface area contributed by atoms with Crippen LogP contribution >= 0.6 is 0 Å². The van der Waals surface area contributed by atoms with Gasteiger partial charge in [-0.1, -0.05) is 12.1 Å². The van der Waals surface area contributed by atoms with E-state index in [1.807, 2.05) is 31.0 Å². The summed E-state index contributed by atoms with van der Waals surface area (Å²) < 4.78 is 12.4. The Balaban J connectivity index is 1.44. The highest BCUT2D eigenvalue weighted by Gasteiger charge is 2.27. The van der Waals surface area contributed by atoms with Crippen molar-refractivity contribution in [2.75, 3.05) is 27.3 Å². The minimum atomic E-state index is 0.202. The fourth-order valence-corrected chi connectivity index (χ4v) is 4.63. The number of fused-ring (bicyclic) bond motifs is 1. The van der Waals surface area contributed by atoms with E-state index in [-0.39, 0.29) is 5.91 Å². The van der Waals surface area contributed by atoms with Crippen molar-refractivity contribution in [3.05, 3.63) is 46.6 Å². The normalized spacial score (nSPS) is 16.2. The van der Waals surface area contributed by atoms with Crippen LogP contribution in [0.5, 0.6) is 11.6 Å². The summed E-state index contributed by atoms with van der Waals surface area (Å²) in [6.07, 6.45) is 2.14. The number of nitrogens with zero attached hydrogens (tertiary/aromatic N) is 4. The molecule has 1 unspecified atom stereocenters. The van der Waals surface area contributed by atoms with Gasteiger partial charge in [-0.15, -0.1) is 5.10 Å². The molecule has 0 spiro atoms. The van der Waals surface area contributed by atoms with Crippen LogP contribution in [-0.4, -0.2) is 52.9 Å². The molecule has 7 nitrogen and oxygen atoms in total. The monoisotopic (exact) mass is 422 g/mol. The first-order valence-electron chi connectivity index (χ1n) is 10.7. The lowest BCUT2D eigenvalue weighted by Crippen LogP contribution is -2.28. The first-order valence-corrected chi connectivity index (χ1v) is 10.7. The van der Waals surface area contributed by atoms with E-state index in [4.69, 9.17) is 14.5 Å². The third-order valence-corrected chi connectivity index (χ3v) is 6.43. The van der Waals surface area contributed by atoms with Gasteiger partial charge in [0, 0.05) is 38.2 Å². The standard InChI is InChI=1S/C24H30N4O3/c1-15-20(16(2)25-23-22(15)24(31-5)26-27(23)3)10-11-21(29)28-13-12-18(14-28)17-6-8-19(30-4)9-7-17/h6-9,18H,10-14H2,1-5H3. The molecule has 7 heteroatoms. The van der Waals surface area contributed by atoms with Crippen molar-refractivity contribution >= 4 is 16.9 Å². The number of hydrogen-bond donors (Lipinski definition) is 0. The van der Waals surface area contributed by atoms with Crippen molar-refractivity contribution in [1.82, 2.24) is 19.7 Å². The predicted molar refractivity (Wildman–Crippen MR) is 120 cm³/mol. The van der Waals surface area contributed by atoms with Crippen molar-refractivity contribution in [3.8, 4) is 11.6 Å². The largest absolute Gasteiger partial charge is 0.497 e. The Hall–Kier alpha value is -3.09. The zero-order chi connectivity index (χ0) is 22.1. The van der Waals surface area contributed by atoms with E-state index in [9.17, 15) is 4.79 Å². The molecule has 31 heavy (non-hydrogen) atoms. The molecule has 1 fully saturated rings. The third-order valence-electron chi connectivity index (χ3n) is 6.43. The summed E-state index contributed by atoms with van der Waals surface area (Å²) in [5.74, 6) is 2.03. The molecule has 1 aromatic carbocycles. The number of methoxy groups -OCH3 is 2. The number of benzene rings is 1. The van der Waals surface area contributed by atoms with Gasteiger partial charge in [0.25, 0.3) is 0 Å². The molecule has 3 heterocycles. The first-order chi connectivity index (χ1) is 14.9. The molecule has 0 radical (unpaired) electrons. The molecule has 0 aliphatic carbocycles. The van der Waals surface area contributed by atoms with E-state index in [0.717, 1.165) is 53.1 Å². The topological polar surface area (TPSA) is 69.5 Å². The molecular formula is C24H30N4O3. The summed E-state index contributed by atoms with van der Waals surface area (Å²) in [4.78, 5) is 19.7. The minimum Gasteiger partial charge on any atom is -0.497 e. The maximum Gasteiger partial charge on any atom is 0.242 e. The fourth-order valence-electron chi connectivity index (χ4n) is 4.63. The molecule has 3 aromatic rings. The fraction of sp³-hybridized carbons (Fsp3) is 0.458. The Morgan fingerprint density at radius 1 is 1.16 bits per heavy atom. The molecular weight excluding hydrogens is 392 g/mol. The molecule has 4 rings (SSSR count). The van der Waals surface area contributed by atoms with Crippen LogP contribution in [0.25, 0.3) is 11.0 Å². The van der Waals surface area contributed by atoms with E-state index >= 15 is 0 Å². The average molecular weight is 423 g/mol. The molecule has 1 atom stereocenters. The number of amides is 1. The Kier molecular flexibility index (Phi) is 5.85. The molecule has 1 aliphatic rings. The number of hydrogen-bond acceptors (Lipinski definition) is 5. The van der Waals surface area contributed by atoms with Crippen molar-refractivity contribution < 1.29 is 14.3 Å². The number of pyridine rings is 1. The number of likely N-dealkylation sites (tertiary alicyclic amines) is 1. The van der Waals surface area contributed by atoms with E-state index < -0.39 is 0 Å². The molecule has 0 saturated carbocycles. The van der Waals surface area contributed by atoms with Gasteiger partial charge in [-0.25, -0.2) is 9.67 Å². The average Bonchev–Trinajstić information content (AvgIpc) is 3.39. The van der Waals surface area contributed by atoms with Crippen LogP contribution in [0, 0.1) is 13.8 Å². The summed E-state index contributed by atoms with van der Waals surface area (Å²) >= 11 is 0. The molecule has 1 saturated heterocycles. The summed E-state index contributed by atoms with van der Waals surface area (Å²) in [5.41, 5.74) is 5.22. The number of ether oxygens (including phenoxy) is 2. The summed E-state index contributed by atoms with van der Waals surface area (Å²) in [5, 5.41) is 5.34. The van der Waals surface area contributed by atoms with Crippen LogP contribution in [0.15, 0.2) is 24.3 Å². The van der Waals surface area contributed by atoms with Gasteiger partial charge in [0.15, 0.2) is 5.65 Å². The number of carbonyl (C=O) groups is 1. The maximum atomic E-state index is 13.0. The predicted octanol–water partition coefficient (Wildman–Crippen LogP) is 3.55. The zero-order valence-corrected chi connectivity index (χ0v) is 18.9. The first kappa shape index (κ1) is 21.2. The second-order valence-corrected chi connectivity index (χ2v) is 8.23. The number of aryl methyl sites for hydroxylation is 3. The van der Waals surface area contributed by atoms with Gasteiger partial charge in [-0.2, -0.15) is 0 Å². The van der Waals surface area contributed by atoms with Gasteiger partial charge in [0.2, 0.25) is 11.8 Å². The van der Waals surface area contributed by atoms with Gasteiger partial charge in [0.05, 0.1) is 19.6 Å². The Morgan fingerprint density at radius 2 is 1.90 bits per heavy atom. The van der Waals surface area contributed by atoms with Crippen molar-refractivity contribution in [2.24, 2.45) is 7.05 Å². The lowest BCUT2D eigenvalue weighted by molar-refractivity contribution is -0.130. The Bertz CT molecular complexity index is 1100. The van der Waals surface area contributed by atoms with E-state index in [0.29, 0.717) is 24.6 Å². The number of aromatic nitrogens is 3. The van der Waals surface area contributed by atoms with Gasteiger partial charge >= 0.3 is 0 Å². The third kappa shape index (κ3) is 3.96. The molecule has 0 N–H and O–H groups in total. The van der Waals surface area contributed by atoms with Gasteiger partial charge in [-0.3, -0.25) is 4.79 Å². The van der Waals surface area contributed by atoms with Crippen molar-refractivity contribution in [1.29, 1.82) is 0 Å². The lowest BCUT2D eigenvalue weighted by Gasteiger charge is -2.18. The molecule has 1 amide bonds. The van der Waals surface area contributed by atoms with Crippen LogP contribution in [-0.2, 0) is 18.3 Å². The molecule has 164 valence electrons. The van der Waals surface area contributed by atoms with Crippen molar-refractivity contribution in [2.45, 2.75) is 39.0 Å². The SMILES string of the molecule is COc1ccc(C2CCN(C(=O)CCc3c(C)nc4c(c(OC)nn4C)c3C)C2)cc1. The maximum absolute atomic E-state index is 13.0. The lowest BCUT2D eigenvalue weighted by atomic mass is 9.98. The number of rotatable bonds is 6. The quantitative estimate of drug-likeness (QED) is 0.608. The smallest absolute Gasteiger partial charge is 0.242 e. The summed E-state index contributed by atoms with van der Waals surface area (Å²) in [6.45, 7) is 5.65. The zero-order valence-electron chi connectivity index (χ0n) is 18.9. The van der Waals surface area contributed by atoms with Crippen LogP contribution in [0.2, 0.25) is 0 Å².